The Kier molecular flexibility index (Phi) is 5.57. The number of amides is 1. The summed E-state index contributed by atoms with van der Waals surface area (Å²) in [6.45, 7) is 3.82. The van der Waals surface area contributed by atoms with Crippen molar-refractivity contribution in [2.75, 3.05) is 33.7 Å². The molecule has 6 heteroatoms. The van der Waals surface area contributed by atoms with Gasteiger partial charge in [0.1, 0.15) is 5.56 Å². The minimum absolute atomic E-state index is 0.0870. The van der Waals surface area contributed by atoms with E-state index in [1.54, 1.807) is 4.90 Å². The van der Waals surface area contributed by atoms with Gasteiger partial charge in [-0.15, -0.1) is 0 Å². The molecule has 1 aromatic rings. The molecular weight excluding hydrogens is 248 g/mol. The van der Waals surface area contributed by atoms with Crippen LogP contribution < -0.4 is 0 Å². The maximum absolute atomic E-state index is 12.2. The van der Waals surface area contributed by atoms with Crippen molar-refractivity contribution in [3.63, 3.8) is 0 Å². The molecule has 0 saturated heterocycles. The van der Waals surface area contributed by atoms with Gasteiger partial charge in [0.05, 0.1) is 6.26 Å². The number of nitrogens with zero attached hydrogens (tertiary/aromatic N) is 2. The topological polar surface area (TPSA) is 74.0 Å². The number of furan rings is 1. The van der Waals surface area contributed by atoms with Crippen molar-refractivity contribution in [1.29, 1.82) is 0 Å². The van der Waals surface area contributed by atoms with Crippen molar-refractivity contribution in [2.24, 2.45) is 0 Å². The van der Waals surface area contributed by atoms with Crippen LogP contribution in [0.1, 0.15) is 34.3 Å². The number of aromatic carboxylic acids is 1. The Labute approximate surface area is 112 Å². The molecule has 0 atom stereocenters. The normalized spacial score (nSPS) is 10.7. The highest BCUT2D eigenvalue weighted by molar-refractivity contribution is 6.02. The number of carbonyl (C=O) groups excluding carboxylic acids is 1. The molecule has 0 aromatic carbocycles. The standard InChI is InChI=1S/C13H20N2O4/c1-4-15(8-5-7-14(2)3)12(16)11-10(13(17)18)6-9-19-11/h6,9H,4-5,7-8H2,1-3H3,(H,17,18). The van der Waals surface area contributed by atoms with E-state index in [-0.39, 0.29) is 17.2 Å². The van der Waals surface area contributed by atoms with E-state index in [0.717, 1.165) is 13.0 Å². The van der Waals surface area contributed by atoms with Gasteiger partial charge >= 0.3 is 5.97 Å². The summed E-state index contributed by atoms with van der Waals surface area (Å²) < 4.78 is 5.02. The molecule has 106 valence electrons. The molecule has 1 N–H and O–H groups in total. The molecule has 0 aliphatic carbocycles. The van der Waals surface area contributed by atoms with Crippen LogP contribution in [0.4, 0.5) is 0 Å². The third-order valence-electron chi connectivity index (χ3n) is 2.79. The summed E-state index contributed by atoms with van der Waals surface area (Å²) in [5.74, 6) is -1.62. The second kappa shape index (κ2) is 6.94. The molecule has 6 nitrogen and oxygen atoms in total. The van der Waals surface area contributed by atoms with E-state index in [9.17, 15) is 9.59 Å². The molecular formula is C13H20N2O4. The number of hydrogen-bond acceptors (Lipinski definition) is 4. The van der Waals surface area contributed by atoms with Crippen LogP contribution in [0.2, 0.25) is 0 Å². The second-order valence-corrected chi connectivity index (χ2v) is 4.51. The third-order valence-corrected chi connectivity index (χ3v) is 2.79. The van der Waals surface area contributed by atoms with E-state index in [1.807, 2.05) is 25.9 Å². The van der Waals surface area contributed by atoms with E-state index in [1.165, 1.54) is 12.3 Å². The fourth-order valence-corrected chi connectivity index (χ4v) is 1.77. The van der Waals surface area contributed by atoms with Crippen LogP contribution in [0.3, 0.4) is 0 Å². The average molecular weight is 268 g/mol. The van der Waals surface area contributed by atoms with Gasteiger partial charge in [-0.2, -0.15) is 0 Å². The maximum Gasteiger partial charge on any atom is 0.339 e. The summed E-state index contributed by atoms with van der Waals surface area (Å²) in [6, 6.07) is 1.29. The summed E-state index contributed by atoms with van der Waals surface area (Å²) in [5.41, 5.74) is -0.0870. The molecule has 1 amide bonds. The van der Waals surface area contributed by atoms with Gasteiger partial charge in [0.25, 0.3) is 5.91 Å². The van der Waals surface area contributed by atoms with Gasteiger partial charge in [0.15, 0.2) is 0 Å². The Hall–Kier alpha value is -1.82. The van der Waals surface area contributed by atoms with Crippen LogP contribution in [0.5, 0.6) is 0 Å². The van der Waals surface area contributed by atoms with E-state index in [2.05, 4.69) is 0 Å². The third kappa shape index (κ3) is 4.10. The molecule has 0 fully saturated rings. The molecule has 0 saturated carbocycles. The zero-order valence-corrected chi connectivity index (χ0v) is 11.5. The minimum Gasteiger partial charge on any atom is -0.478 e. The first kappa shape index (κ1) is 15.2. The lowest BCUT2D eigenvalue weighted by Gasteiger charge is -2.21. The molecule has 0 radical (unpaired) electrons. The van der Waals surface area contributed by atoms with E-state index in [4.69, 9.17) is 9.52 Å². The highest BCUT2D eigenvalue weighted by atomic mass is 16.4. The lowest BCUT2D eigenvalue weighted by atomic mass is 10.2. The van der Waals surface area contributed by atoms with Crippen LogP contribution >= 0.6 is 0 Å². The van der Waals surface area contributed by atoms with Gasteiger partial charge in [-0.25, -0.2) is 4.79 Å². The Morgan fingerprint density at radius 3 is 2.53 bits per heavy atom. The monoisotopic (exact) mass is 268 g/mol. The van der Waals surface area contributed by atoms with Gasteiger partial charge in [-0.05, 0) is 40.1 Å². The highest BCUT2D eigenvalue weighted by Gasteiger charge is 2.24. The molecule has 1 aromatic heterocycles. The van der Waals surface area contributed by atoms with Crippen molar-refractivity contribution >= 4 is 11.9 Å². The highest BCUT2D eigenvalue weighted by Crippen LogP contribution is 2.13. The van der Waals surface area contributed by atoms with Crippen molar-refractivity contribution in [3.05, 3.63) is 23.7 Å². The van der Waals surface area contributed by atoms with Gasteiger partial charge in [0, 0.05) is 13.1 Å². The lowest BCUT2D eigenvalue weighted by Crippen LogP contribution is -2.33. The fraction of sp³-hybridized carbons (Fsp3) is 0.538. The van der Waals surface area contributed by atoms with Crippen LogP contribution in [0.15, 0.2) is 16.7 Å². The molecule has 0 aliphatic rings. The van der Waals surface area contributed by atoms with Crippen LogP contribution in [0, 0.1) is 0 Å². The summed E-state index contributed by atoms with van der Waals surface area (Å²) in [4.78, 5) is 26.8. The van der Waals surface area contributed by atoms with Crippen LogP contribution in [0.25, 0.3) is 0 Å². The fourth-order valence-electron chi connectivity index (χ4n) is 1.77. The van der Waals surface area contributed by atoms with Crippen molar-refractivity contribution in [3.8, 4) is 0 Å². The average Bonchev–Trinajstić information content (AvgIpc) is 2.82. The number of carboxylic acids is 1. The number of hydrogen-bond donors (Lipinski definition) is 1. The first-order valence-corrected chi connectivity index (χ1v) is 6.22. The van der Waals surface area contributed by atoms with Crippen LogP contribution in [-0.2, 0) is 0 Å². The van der Waals surface area contributed by atoms with Gasteiger partial charge in [0.2, 0.25) is 5.76 Å². The van der Waals surface area contributed by atoms with Crippen molar-refractivity contribution < 1.29 is 19.1 Å². The molecule has 0 unspecified atom stereocenters. The maximum atomic E-state index is 12.2. The summed E-state index contributed by atoms with van der Waals surface area (Å²) >= 11 is 0. The predicted molar refractivity (Wildman–Crippen MR) is 70.4 cm³/mol. The molecule has 1 rings (SSSR count). The first-order valence-electron chi connectivity index (χ1n) is 6.22. The molecule has 1 heterocycles. The Morgan fingerprint density at radius 1 is 1.32 bits per heavy atom. The van der Waals surface area contributed by atoms with Crippen molar-refractivity contribution in [1.82, 2.24) is 9.80 Å². The Bertz CT molecular complexity index is 440. The zero-order valence-electron chi connectivity index (χ0n) is 11.5. The molecule has 0 bridgehead atoms. The largest absolute Gasteiger partial charge is 0.478 e. The summed E-state index contributed by atoms with van der Waals surface area (Å²) in [7, 11) is 3.93. The smallest absolute Gasteiger partial charge is 0.339 e. The Balaban J connectivity index is 2.72. The predicted octanol–water partition coefficient (Wildman–Crippen LogP) is 1.39. The van der Waals surface area contributed by atoms with Gasteiger partial charge < -0.3 is 19.3 Å². The van der Waals surface area contributed by atoms with E-state index in [0.29, 0.717) is 13.1 Å². The lowest BCUT2D eigenvalue weighted by molar-refractivity contribution is 0.0662. The number of carbonyl (C=O) groups is 2. The second-order valence-electron chi connectivity index (χ2n) is 4.51. The van der Waals surface area contributed by atoms with E-state index < -0.39 is 5.97 Å². The Morgan fingerprint density at radius 2 is 2.00 bits per heavy atom. The SMILES string of the molecule is CCN(CCCN(C)C)C(=O)c1occc1C(=O)O. The molecule has 19 heavy (non-hydrogen) atoms. The van der Waals surface area contributed by atoms with Gasteiger partial charge in [-0.3, -0.25) is 4.79 Å². The van der Waals surface area contributed by atoms with Crippen molar-refractivity contribution in [2.45, 2.75) is 13.3 Å². The summed E-state index contributed by atoms with van der Waals surface area (Å²) in [6.07, 6.45) is 2.06. The first-order chi connectivity index (χ1) is 8.97. The van der Waals surface area contributed by atoms with Gasteiger partial charge in [-0.1, -0.05) is 0 Å². The zero-order chi connectivity index (χ0) is 14.4. The number of rotatable bonds is 7. The summed E-state index contributed by atoms with van der Waals surface area (Å²) in [5, 5.41) is 8.97. The minimum atomic E-state index is -1.15. The number of carboxylic acid groups (broad SMARTS) is 1. The quantitative estimate of drug-likeness (QED) is 0.809. The molecule has 0 aliphatic heterocycles. The van der Waals surface area contributed by atoms with Crippen LogP contribution in [-0.4, -0.2) is 60.5 Å². The van der Waals surface area contributed by atoms with E-state index >= 15 is 0 Å². The molecule has 0 spiro atoms.